The number of benzene rings is 1. The van der Waals surface area contributed by atoms with Gasteiger partial charge in [0.05, 0.1) is 6.61 Å². The lowest BCUT2D eigenvalue weighted by atomic mass is 10.2. The average Bonchev–Trinajstić information content (AvgIpc) is 2.19. The van der Waals surface area contributed by atoms with E-state index in [4.69, 9.17) is 4.74 Å². The minimum absolute atomic E-state index is 0.422. The molecule has 0 spiro atoms. The van der Waals surface area contributed by atoms with Gasteiger partial charge in [0, 0.05) is 0 Å². The molecule has 0 aliphatic heterocycles. The molecular weight excluding hydrogens is 231 g/mol. The molecule has 0 saturated carbocycles. The van der Waals surface area contributed by atoms with Gasteiger partial charge in [-0.3, -0.25) is 0 Å². The second-order valence-electron chi connectivity index (χ2n) is 3.53. The van der Waals surface area contributed by atoms with E-state index in [-0.39, 0.29) is 0 Å². The van der Waals surface area contributed by atoms with Crippen LogP contribution in [0.2, 0.25) is 0 Å². The number of hydrogen-bond acceptors (Lipinski definition) is 3. The largest absolute Gasteiger partial charge is 0.494 e. The quantitative estimate of drug-likeness (QED) is 0.572. The van der Waals surface area contributed by atoms with Crippen molar-refractivity contribution in [2.45, 2.75) is 25.5 Å². The SMILES string of the molecule is CCCCOc1ccc(CS(=O)(=O)F)cc1. The van der Waals surface area contributed by atoms with E-state index in [2.05, 4.69) is 6.92 Å². The molecule has 0 saturated heterocycles. The van der Waals surface area contributed by atoms with Gasteiger partial charge in [-0.05, 0) is 24.1 Å². The summed E-state index contributed by atoms with van der Waals surface area (Å²) in [5.41, 5.74) is 0.422. The third kappa shape index (κ3) is 5.11. The lowest BCUT2D eigenvalue weighted by Gasteiger charge is -2.05. The van der Waals surface area contributed by atoms with E-state index in [1.54, 1.807) is 24.3 Å². The molecule has 3 nitrogen and oxygen atoms in total. The number of ether oxygens (including phenoxy) is 1. The van der Waals surface area contributed by atoms with Crippen molar-refractivity contribution in [3.05, 3.63) is 29.8 Å². The van der Waals surface area contributed by atoms with Crippen LogP contribution in [0.5, 0.6) is 5.75 Å². The minimum atomic E-state index is -4.45. The Morgan fingerprint density at radius 2 is 1.88 bits per heavy atom. The molecule has 0 atom stereocenters. The van der Waals surface area contributed by atoms with E-state index < -0.39 is 16.0 Å². The molecule has 5 heteroatoms. The highest BCUT2D eigenvalue weighted by Gasteiger charge is 2.08. The van der Waals surface area contributed by atoms with Crippen molar-refractivity contribution in [2.24, 2.45) is 0 Å². The Labute approximate surface area is 95.5 Å². The average molecular weight is 246 g/mol. The summed E-state index contributed by atoms with van der Waals surface area (Å²) in [7, 11) is -4.45. The molecule has 1 rings (SSSR count). The number of rotatable bonds is 6. The van der Waals surface area contributed by atoms with Crippen LogP contribution in [0.3, 0.4) is 0 Å². The third-order valence-electron chi connectivity index (χ3n) is 2.03. The molecule has 0 aromatic heterocycles. The van der Waals surface area contributed by atoms with Crippen molar-refractivity contribution in [1.82, 2.24) is 0 Å². The molecule has 0 heterocycles. The zero-order valence-corrected chi connectivity index (χ0v) is 9.97. The fourth-order valence-corrected chi connectivity index (χ4v) is 1.81. The second kappa shape index (κ2) is 5.84. The molecule has 90 valence electrons. The molecule has 0 bridgehead atoms. The maximum Gasteiger partial charge on any atom is 0.306 e. The van der Waals surface area contributed by atoms with E-state index >= 15 is 0 Å². The van der Waals surface area contributed by atoms with Crippen molar-refractivity contribution >= 4 is 10.2 Å². The maximum atomic E-state index is 12.4. The highest BCUT2D eigenvalue weighted by Crippen LogP contribution is 2.15. The van der Waals surface area contributed by atoms with Gasteiger partial charge in [0.25, 0.3) is 0 Å². The van der Waals surface area contributed by atoms with Gasteiger partial charge in [0.15, 0.2) is 0 Å². The van der Waals surface area contributed by atoms with Crippen molar-refractivity contribution < 1.29 is 17.0 Å². The van der Waals surface area contributed by atoms with Crippen LogP contribution in [-0.4, -0.2) is 15.0 Å². The number of halogens is 1. The van der Waals surface area contributed by atoms with Gasteiger partial charge in [-0.1, -0.05) is 25.5 Å². The summed E-state index contributed by atoms with van der Waals surface area (Å²) in [6.07, 6.45) is 2.03. The Morgan fingerprint density at radius 3 is 2.38 bits per heavy atom. The third-order valence-corrected chi connectivity index (χ3v) is 2.71. The van der Waals surface area contributed by atoms with Crippen LogP contribution in [-0.2, 0) is 16.0 Å². The Balaban J connectivity index is 2.54. The van der Waals surface area contributed by atoms with Crippen LogP contribution < -0.4 is 4.74 Å². The molecule has 0 fully saturated rings. The topological polar surface area (TPSA) is 43.4 Å². The van der Waals surface area contributed by atoms with E-state index in [1.807, 2.05) is 0 Å². The molecule has 16 heavy (non-hydrogen) atoms. The highest BCUT2D eigenvalue weighted by atomic mass is 32.3. The predicted molar refractivity (Wildman–Crippen MR) is 60.6 cm³/mol. The highest BCUT2D eigenvalue weighted by molar-refractivity contribution is 7.85. The van der Waals surface area contributed by atoms with E-state index in [9.17, 15) is 12.3 Å². The van der Waals surface area contributed by atoms with Crippen molar-refractivity contribution in [3.63, 3.8) is 0 Å². The zero-order chi connectivity index (χ0) is 12.0. The molecule has 0 aliphatic carbocycles. The monoisotopic (exact) mass is 246 g/mol. The lowest BCUT2D eigenvalue weighted by molar-refractivity contribution is 0.309. The van der Waals surface area contributed by atoms with Crippen LogP contribution in [0.25, 0.3) is 0 Å². The molecule has 0 amide bonds. The Kier molecular flexibility index (Phi) is 4.73. The molecule has 0 aliphatic rings. The second-order valence-corrected chi connectivity index (χ2v) is 4.90. The summed E-state index contributed by atoms with van der Waals surface area (Å²) in [6.45, 7) is 2.70. The summed E-state index contributed by atoms with van der Waals surface area (Å²) < 4.78 is 38.6. The maximum absolute atomic E-state index is 12.4. The molecule has 1 aromatic rings. The molecule has 1 aromatic carbocycles. The van der Waals surface area contributed by atoms with Crippen LogP contribution in [0, 0.1) is 0 Å². The standard InChI is InChI=1S/C11H15FO3S/c1-2-3-8-15-11-6-4-10(5-7-11)9-16(12,13)14/h4-7H,2-3,8-9H2,1H3. The Hall–Kier alpha value is -1.10. The summed E-state index contributed by atoms with van der Waals surface area (Å²) in [4.78, 5) is 0. The van der Waals surface area contributed by atoms with Gasteiger partial charge in [0.2, 0.25) is 0 Å². The smallest absolute Gasteiger partial charge is 0.306 e. The Morgan fingerprint density at radius 1 is 1.25 bits per heavy atom. The lowest BCUT2D eigenvalue weighted by Crippen LogP contribution is -1.98. The van der Waals surface area contributed by atoms with Crippen LogP contribution >= 0.6 is 0 Å². The first-order chi connectivity index (χ1) is 7.51. The summed E-state index contributed by atoms with van der Waals surface area (Å²) in [5.74, 6) is 0.0934. The fourth-order valence-electron chi connectivity index (χ4n) is 1.22. The minimum Gasteiger partial charge on any atom is -0.494 e. The number of unbranched alkanes of at least 4 members (excludes halogenated alkanes) is 1. The molecule has 0 unspecified atom stereocenters. The predicted octanol–water partition coefficient (Wildman–Crippen LogP) is 2.66. The number of hydrogen-bond donors (Lipinski definition) is 0. The molecule has 0 radical (unpaired) electrons. The van der Waals surface area contributed by atoms with Gasteiger partial charge in [-0.25, -0.2) is 0 Å². The summed E-state index contributed by atoms with van der Waals surface area (Å²) >= 11 is 0. The first-order valence-corrected chi connectivity index (χ1v) is 6.70. The van der Waals surface area contributed by atoms with E-state index in [1.165, 1.54) is 0 Å². The van der Waals surface area contributed by atoms with Crippen molar-refractivity contribution in [2.75, 3.05) is 6.61 Å². The van der Waals surface area contributed by atoms with Crippen LogP contribution in [0.1, 0.15) is 25.3 Å². The Bertz CT molecular complexity index is 411. The van der Waals surface area contributed by atoms with Crippen LogP contribution in [0.4, 0.5) is 3.89 Å². The van der Waals surface area contributed by atoms with Gasteiger partial charge in [-0.2, -0.15) is 8.42 Å². The normalized spacial score (nSPS) is 11.4. The van der Waals surface area contributed by atoms with E-state index in [0.717, 1.165) is 12.8 Å². The molecular formula is C11H15FO3S. The first-order valence-electron chi connectivity index (χ1n) is 5.15. The van der Waals surface area contributed by atoms with Crippen LogP contribution in [0.15, 0.2) is 24.3 Å². The van der Waals surface area contributed by atoms with Gasteiger partial charge in [-0.15, -0.1) is 3.89 Å². The van der Waals surface area contributed by atoms with Gasteiger partial charge >= 0.3 is 10.2 Å². The van der Waals surface area contributed by atoms with Gasteiger partial charge < -0.3 is 4.74 Å². The first kappa shape index (κ1) is 13.0. The zero-order valence-electron chi connectivity index (χ0n) is 9.15. The van der Waals surface area contributed by atoms with Gasteiger partial charge in [0.1, 0.15) is 11.5 Å². The van der Waals surface area contributed by atoms with Crippen molar-refractivity contribution in [1.29, 1.82) is 0 Å². The van der Waals surface area contributed by atoms with Crippen molar-refractivity contribution in [3.8, 4) is 5.75 Å². The fraction of sp³-hybridized carbons (Fsp3) is 0.455. The molecule has 0 N–H and O–H groups in total. The summed E-state index contributed by atoms with van der Waals surface area (Å²) in [5, 5.41) is 0. The van der Waals surface area contributed by atoms with E-state index in [0.29, 0.717) is 17.9 Å². The summed E-state index contributed by atoms with van der Waals surface area (Å²) in [6, 6.07) is 6.41.